The predicted molar refractivity (Wildman–Crippen MR) is 82.0 cm³/mol. The van der Waals surface area contributed by atoms with E-state index >= 15 is 0 Å². The molecule has 0 aromatic heterocycles. The van der Waals surface area contributed by atoms with Gasteiger partial charge in [0.05, 0.1) is 17.6 Å². The lowest BCUT2D eigenvalue weighted by Gasteiger charge is -2.35. The summed E-state index contributed by atoms with van der Waals surface area (Å²) in [6.45, 7) is 1.14. The number of ether oxygens (including phenoxy) is 1. The number of piperidine rings is 1. The van der Waals surface area contributed by atoms with Crippen LogP contribution in [-0.2, 0) is 9.53 Å². The van der Waals surface area contributed by atoms with E-state index in [1.165, 1.54) is 4.90 Å². The largest absolute Gasteiger partial charge is 0.377 e. The molecular weight excluding hydrogens is 337 g/mol. The van der Waals surface area contributed by atoms with Crippen LogP contribution < -0.4 is 5.73 Å². The molecule has 2 aliphatic rings. The van der Waals surface area contributed by atoms with Gasteiger partial charge in [0.2, 0.25) is 5.91 Å². The van der Waals surface area contributed by atoms with Crippen LogP contribution in [0.2, 0.25) is 0 Å². The van der Waals surface area contributed by atoms with Gasteiger partial charge in [-0.15, -0.1) is 0 Å². The van der Waals surface area contributed by atoms with Gasteiger partial charge in [-0.2, -0.15) is 0 Å². The third kappa shape index (κ3) is 3.49. The van der Waals surface area contributed by atoms with Gasteiger partial charge >= 0.3 is 0 Å². The number of hydrogen-bond acceptors (Lipinski definition) is 3. The molecule has 2 heterocycles. The van der Waals surface area contributed by atoms with Crippen molar-refractivity contribution in [2.24, 2.45) is 17.6 Å². The first kappa shape index (κ1) is 17.7. The Morgan fingerprint density at radius 2 is 1.68 bits per heavy atom. The number of rotatable bonds is 3. The first-order valence-electron chi connectivity index (χ1n) is 8.23. The van der Waals surface area contributed by atoms with Gasteiger partial charge in [0.25, 0.3) is 5.91 Å². The zero-order valence-electron chi connectivity index (χ0n) is 13.5. The van der Waals surface area contributed by atoms with Crippen molar-refractivity contribution in [2.45, 2.75) is 25.4 Å². The quantitative estimate of drug-likeness (QED) is 0.840. The fraction of sp³-hybridized carbons (Fsp3) is 0.529. The summed E-state index contributed by atoms with van der Waals surface area (Å²) in [6, 6.07) is 0.960. The summed E-state index contributed by atoms with van der Waals surface area (Å²) in [5, 5.41) is 0. The van der Waals surface area contributed by atoms with E-state index in [1.807, 2.05) is 0 Å². The summed E-state index contributed by atoms with van der Waals surface area (Å²) in [5.74, 6) is -4.97. The molecule has 2 saturated heterocycles. The molecule has 2 N–H and O–H groups in total. The molecule has 2 atom stereocenters. The van der Waals surface area contributed by atoms with E-state index in [9.17, 15) is 22.8 Å². The van der Waals surface area contributed by atoms with Gasteiger partial charge in [-0.3, -0.25) is 9.59 Å². The van der Waals surface area contributed by atoms with Gasteiger partial charge in [-0.05, 0) is 31.2 Å². The molecule has 25 heavy (non-hydrogen) atoms. The van der Waals surface area contributed by atoms with Crippen molar-refractivity contribution in [3.8, 4) is 0 Å². The fourth-order valence-corrected chi connectivity index (χ4v) is 3.67. The second kappa shape index (κ2) is 7.03. The highest BCUT2D eigenvalue weighted by Gasteiger charge is 2.40. The Labute approximate surface area is 142 Å². The van der Waals surface area contributed by atoms with Crippen LogP contribution in [0.4, 0.5) is 13.2 Å². The van der Waals surface area contributed by atoms with Crippen molar-refractivity contribution >= 4 is 11.8 Å². The molecule has 2 aliphatic heterocycles. The number of halogens is 3. The normalized spacial score (nSPS) is 24.5. The predicted octanol–water partition coefficient (Wildman–Crippen LogP) is 1.85. The topological polar surface area (TPSA) is 72.6 Å². The Balaban J connectivity index is 1.65. The maximum Gasteiger partial charge on any atom is 0.256 e. The van der Waals surface area contributed by atoms with E-state index in [4.69, 9.17) is 10.5 Å². The monoisotopic (exact) mass is 356 g/mol. The summed E-state index contributed by atoms with van der Waals surface area (Å²) < 4.78 is 45.7. The minimum atomic E-state index is -1.33. The molecule has 0 spiro atoms. The number of benzene rings is 1. The van der Waals surface area contributed by atoms with Gasteiger partial charge in [-0.25, -0.2) is 13.2 Å². The highest BCUT2D eigenvalue weighted by Crippen LogP contribution is 2.33. The zero-order valence-corrected chi connectivity index (χ0v) is 13.5. The first-order valence-corrected chi connectivity index (χ1v) is 8.23. The maximum atomic E-state index is 13.8. The van der Waals surface area contributed by atoms with Crippen LogP contribution >= 0.6 is 0 Å². The van der Waals surface area contributed by atoms with Crippen LogP contribution in [0.3, 0.4) is 0 Å². The molecule has 2 amide bonds. The number of carbonyl (C=O) groups is 2. The van der Waals surface area contributed by atoms with Crippen LogP contribution in [0.5, 0.6) is 0 Å². The van der Waals surface area contributed by atoms with Gasteiger partial charge in [0.15, 0.2) is 11.6 Å². The van der Waals surface area contributed by atoms with E-state index in [2.05, 4.69) is 0 Å². The molecule has 2 fully saturated rings. The average Bonchev–Trinajstić information content (AvgIpc) is 3.08. The second-order valence-electron chi connectivity index (χ2n) is 6.51. The van der Waals surface area contributed by atoms with Crippen LogP contribution in [-0.4, -0.2) is 42.5 Å². The van der Waals surface area contributed by atoms with Crippen molar-refractivity contribution in [2.75, 3.05) is 19.7 Å². The number of hydrogen-bond donors (Lipinski definition) is 1. The lowest BCUT2D eigenvalue weighted by atomic mass is 9.84. The molecule has 0 saturated carbocycles. The molecule has 136 valence electrons. The number of likely N-dealkylation sites (tertiary alicyclic amines) is 1. The zero-order chi connectivity index (χ0) is 18.1. The molecule has 3 rings (SSSR count). The van der Waals surface area contributed by atoms with Crippen LogP contribution in [0.1, 0.15) is 29.6 Å². The Morgan fingerprint density at radius 1 is 1.04 bits per heavy atom. The van der Waals surface area contributed by atoms with E-state index in [0.717, 1.165) is 0 Å². The molecule has 5 nitrogen and oxygen atoms in total. The van der Waals surface area contributed by atoms with Crippen molar-refractivity contribution in [1.29, 1.82) is 0 Å². The molecule has 8 heteroatoms. The molecule has 1 aromatic carbocycles. The minimum Gasteiger partial charge on any atom is -0.377 e. The number of nitrogens with zero attached hydrogens (tertiary/aromatic N) is 1. The lowest BCUT2D eigenvalue weighted by Crippen LogP contribution is -2.44. The summed E-state index contributed by atoms with van der Waals surface area (Å²) >= 11 is 0. The number of carbonyl (C=O) groups excluding carboxylic acids is 2. The van der Waals surface area contributed by atoms with Crippen molar-refractivity contribution in [3.63, 3.8) is 0 Å². The van der Waals surface area contributed by atoms with E-state index in [-0.39, 0.29) is 23.8 Å². The van der Waals surface area contributed by atoms with Gasteiger partial charge in [0.1, 0.15) is 5.82 Å². The molecule has 0 radical (unpaired) electrons. The van der Waals surface area contributed by atoms with E-state index in [1.54, 1.807) is 0 Å². The minimum absolute atomic E-state index is 0.0823. The average molecular weight is 356 g/mol. The molecule has 0 aliphatic carbocycles. The fourth-order valence-electron chi connectivity index (χ4n) is 3.67. The standard InChI is InChI=1S/C17H19F3N2O3/c18-12-8-14(20)13(19)7-11(12)17(24)22-4-1-9(2-5-22)15-10(16(21)23)3-6-25-15/h7-10,15H,1-6H2,(H2,21,23)/t10-,15+/m0/s1. The highest BCUT2D eigenvalue weighted by atomic mass is 19.2. The Morgan fingerprint density at radius 3 is 2.32 bits per heavy atom. The summed E-state index contributed by atoms with van der Waals surface area (Å²) in [4.78, 5) is 25.3. The van der Waals surface area contributed by atoms with Gasteiger partial charge in [-0.1, -0.05) is 0 Å². The number of primary amides is 1. The van der Waals surface area contributed by atoms with Crippen molar-refractivity contribution < 1.29 is 27.5 Å². The Bertz CT molecular complexity index is 690. The van der Waals surface area contributed by atoms with Crippen LogP contribution in [0.15, 0.2) is 12.1 Å². The third-order valence-corrected chi connectivity index (χ3v) is 5.03. The van der Waals surface area contributed by atoms with Gasteiger partial charge in [0, 0.05) is 25.8 Å². The van der Waals surface area contributed by atoms with Crippen molar-refractivity contribution in [1.82, 2.24) is 4.90 Å². The Hall–Kier alpha value is -2.09. The first-order chi connectivity index (χ1) is 11.9. The number of nitrogens with two attached hydrogens (primary N) is 1. The Kier molecular flexibility index (Phi) is 4.99. The SMILES string of the molecule is NC(=O)[C@H]1CCO[C@@H]1C1CCN(C(=O)c2cc(F)c(F)cc2F)CC1. The smallest absolute Gasteiger partial charge is 0.256 e. The second-order valence-corrected chi connectivity index (χ2v) is 6.51. The summed E-state index contributed by atoms with van der Waals surface area (Å²) in [5.41, 5.74) is 4.92. The highest BCUT2D eigenvalue weighted by molar-refractivity contribution is 5.94. The summed E-state index contributed by atoms with van der Waals surface area (Å²) in [6.07, 6.45) is 1.49. The van der Waals surface area contributed by atoms with Gasteiger partial charge < -0.3 is 15.4 Å². The van der Waals surface area contributed by atoms with Crippen LogP contribution in [0, 0.1) is 29.3 Å². The number of amides is 2. The lowest BCUT2D eigenvalue weighted by molar-refractivity contribution is -0.124. The molecule has 1 aromatic rings. The van der Waals surface area contributed by atoms with Crippen molar-refractivity contribution in [3.05, 3.63) is 35.1 Å². The molecule has 0 unspecified atom stereocenters. The molecule has 0 bridgehead atoms. The maximum absolute atomic E-state index is 13.8. The van der Waals surface area contributed by atoms with E-state index < -0.39 is 28.9 Å². The van der Waals surface area contributed by atoms with Crippen LogP contribution in [0.25, 0.3) is 0 Å². The van der Waals surface area contributed by atoms with E-state index in [0.29, 0.717) is 51.1 Å². The summed E-state index contributed by atoms with van der Waals surface area (Å²) in [7, 11) is 0. The molecular formula is C17H19F3N2O3. The third-order valence-electron chi connectivity index (χ3n) is 5.03.